The minimum atomic E-state index is -0.997. The van der Waals surface area contributed by atoms with E-state index in [4.69, 9.17) is 10.8 Å². The number of carbonyl (C=O) groups excluding carboxylic acids is 1. The molecule has 1 rings (SSSR count). The maximum Gasteiger partial charge on any atom is 0.319 e. The average Bonchev–Trinajstić information content (AvgIpc) is 2.17. The van der Waals surface area contributed by atoms with Crippen LogP contribution in [0.25, 0.3) is 0 Å². The Hall–Kier alpha value is -1.63. The molecule has 0 bridgehead atoms. The zero-order valence-electron chi connectivity index (χ0n) is 8.80. The van der Waals surface area contributed by atoms with Crippen molar-refractivity contribution in [1.82, 2.24) is 10.2 Å². The van der Waals surface area contributed by atoms with E-state index in [1.807, 2.05) is 0 Å². The Morgan fingerprint density at radius 3 is 2.38 bits per heavy atom. The predicted octanol–water partition coefficient (Wildman–Crippen LogP) is 0.531. The molecule has 16 heavy (non-hydrogen) atoms. The summed E-state index contributed by atoms with van der Waals surface area (Å²) >= 11 is 1.05. The predicted molar refractivity (Wildman–Crippen MR) is 58.1 cm³/mol. The van der Waals surface area contributed by atoms with Crippen molar-refractivity contribution in [1.29, 1.82) is 0 Å². The number of hydrogen-bond acceptors (Lipinski definition) is 5. The zero-order valence-corrected chi connectivity index (χ0v) is 9.61. The summed E-state index contributed by atoms with van der Waals surface area (Å²) in [7, 11) is 0. The smallest absolute Gasteiger partial charge is 0.319 e. The minimum absolute atomic E-state index is 0.0532. The number of aromatic nitrogens is 2. The van der Waals surface area contributed by atoms with Crippen LogP contribution in [0.1, 0.15) is 24.3 Å². The van der Waals surface area contributed by atoms with Gasteiger partial charge in [-0.3, -0.25) is 9.59 Å². The fourth-order valence-corrected chi connectivity index (χ4v) is 1.64. The molecule has 0 saturated heterocycles. The molecule has 1 amide bonds. The van der Waals surface area contributed by atoms with Gasteiger partial charge in [0.1, 0.15) is 9.77 Å². The first-order chi connectivity index (χ1) is 7.33. The summed E-state index contributed by atoms with van der Waals surface area (Å²) < 4.78 is -0.997. The summed E-state index contributed by atoms with van der Waals surface area (Å²) in [5, 5.41) is 16.6. The van der Waals surface area contributed by atoms with Crippen LogP contribution in [-0.4, -0.2) is 31.9 Å². The summed E-state index contributed by atoms with van der Waals surface area (Å²) in [4.78, 5) is 21.6. The van der Waals surface area contributed by atoms with Gasteiger partial charge in [-0.2, -0.15) is 0 Å². The number of hydrogen-bond donors (Lipinski definition) is 2. The van der Waals surface area contributed by atoms with E-state index in [-0.39, 0.29) is 5.69 Å². The minimum Gasteiger partial charge on any atom is -0.480 e. The van der Waals surface area contributed by atoms with Gasteiger partial charge in [-0.15, -0.1) is 10.2 Å². The number of carbonyl (C=O) groups is 2. The van der Waals surface area contributed by atoms with Crippen LogP contribution in [-0.2, 0) is 4.79 Å². The second kappa shape index (κ2) is 4.48. The molecule has 6 nitrogen and oxygen atoms in total. The van der Waals surface area contributed by atoms with Crippen LogP contribution in [0.5, 0.6) is 0 Å². The number of carboxylic acids is 1. The standard InChI is InChI=1S/C9H11N3O3S/c1-9(2,8(14)15)16-6-4-3-5(7(10)13)11-12-6/h3-4H,1-2H3,(H2,10,13)(H,14,15). The van der Waals surface area contributed by atoms with Crippen molar-refractivity contribution in [2.45, 2.75) is 23.6 Å². The zero-order chi connectivity index (χ0) is 12.3. The number of carboxylic acid groups (broad SMARTS) is 1. The van der Waals surface area contributed by atoms with Gasteiger partial charge in [0.05, 0.1) is 0 Å². The van der Waals surface area contributed by atoms with Gasteiger partial charge in [0.25, 0.3) is 5.91 Å². The molecule has 0 unspecified atom stereocenters. The van der Waals surface area contributed by atoms with Crippen LogP contribution in [0.3, 0.4) is 0 Å². The molecule has 0 aromatic carbocycles. The molecule has 86 valence electrons. The van der Waals surface area contributed by atoms with Gasteiger partial charge in [0, 0.05) is 0 Å². The van der Waals surface area contributed by atoms with Crippen molar-refractivity contribution in [3.8, 4) is 0 Å². The van der Waals surface area contributed by atoms with E-state index in [0.29, 0.717) is 5.03 Å². The molecule has 0 saturated carbocycles. The number of thioether (sulfide) groups is 1. The summed E-state index contributed by atoms with van der Waals surface area (Å²) in [5.41, 5.74) is 5.05. The molecule has 0 atom stereocenters. The topological polar surface area (TPSA) is 106 Å². The van der Waals surface area contributed by atoms with E-state index < -0.39 is 16.6 Å². The fourth-order valence-electron chi connectivity index (χ4n) is 0.811. The molecule has 0 spiro atoms. The van der Waals surface area contributed by atoms with Crippen LogP contribution in [0.15, 0.2) is 17.2 Å². The Morgan fingerprint density at radius 1 is 1.38 bits per heavy atom. The third-order valence-electron chi connectivity index (χ3n) is 1.77. The molecule has 0 radical (unpaired) electrons. The molecule has 1 heterocycles. The monoisotopic (exact) mass is 241 g/mol. The van der Waals surface area contributed by atoms with Gasteiger partial charge >= 0.3 is 5.97 Å². The van der Waals surface area contributed by atoms with E-state index in [9.17, 15) is 9.59 Å². The molecule has 0 aliphatic carbocycles. The number of rotatable bonds is 4. The third-order valence-corrected chi connectivity index (χ3v) is 2.88. The molecule has 0 aliphatic heterocycles. The quantitative estimate of drug-likeness (QED) is 0.745. The molecule has 1 aromatic heterocycles. The number of aliphatic carboxylic acids is 1. The lowest BCUT2D eigenvalue weighted by Crippen LogP contribution is -2.27. The van der Waals surface area contributed by atoms with Gasteiger partial charge in [0.15, 0.2) is 5.69 Å². The Kier molecular flexibility index (Phi) is 3.48. The molecular weight excluding hydrogens is 230 g/mol. The Morgan fingerprint density at radius 2 is 2.00 bits per heavy atom. The Balaban J connectivity index is 2.84. The van der Waals surface area contributed by atoms with Crippen molar-refractivity contribution < 1.29 is 14.7 Å². The van der Waals surface area contributed by atoms with E-state index >= 15 is 0 Å². The van der Waals surface area contributed by atoms with Crippen LogP contribution in [0.2, 0.25) is 0 Å². The van der Waals surface area contributed by atoms with Gasteiger partial charge in [-0.25, -0.2) is 0 Å². The Labute approximate surface area is 96.2 Å². The van der Waals surface area contributed by atoms with E-state index in [1.54, 1.807) is 13.8 Å². The molecule has 3 N–H and O–H groups in total. The fraction of sp³-hybridized carbons (Fsp3) is 0.333. The van der Waals surface area contributed by atoms with Gasteiger partial charge in [-0.1, -0.05) is 11.8 Å². The SMILES string of the molecule is CC(C)(Sc1ccc(C(N)=O)nn1)C(=O)O. The van der Waals surface area contributed by atoms with Gasteiger partial charge in [-0.05, 0) is 26.0 Å². The number of nitrogens with zero attached hydrogens (tertiary/aromatic N) is 2. The van der Waals surface area contributed by atoms with Crippen LogP contribution < -0.4 is 5.73 Å². The van der Waals surface area contributed by atoms with Crippen molar-refractivity contribution in [2.24, 2.45) is 5.73 Å². The lowest BCUT2D eigenvalue weighted by molar-refractivity contribution is -0.138. The normalized spacial score (nSPS) is 11.1. The number of amides is 1. The first kappa shape index (κ1) is 12.4. The second-order valence-electron chi connectivity index (χ2n) is 3.54. The highest BCUT2D eigenvalue weighted by Gasteiger charge is 2.29. The Bertz CT molecular complexity index is 417. The first-order valence-corrected chi connectivity index (χ1v) is 5.20. The van der Waals surface area contributed by atoms with Crippen molar-refractivity contribution in [3.05, 3.63) is 17.8 Å². The van der Waals surface area contributed by atoms with Gasteiger partial charge < -0.3 is 10.8 Å². The lowest BCUT2D eigenvalue weighted by Gasteiger charge is -2.16. The van der Waals surface area contributed by atoms with Gasteiger partial charge in [0.2, 0.25) is 0 Å². The lowest BCUT2D eigenvalue weighted by atomic mass is 10.2. The largest absolute Gasteiger partial charge is 0.480 e. The molecule has 7 heteroatoms. The molecule has 0 fully saturated rings. The van der Waals surface area contributed by atoms with Crippen molar-refractivity contribution in [2.75, 3.05) is 0 Å². The maximum absolute atomic E-state index is 10.9. The van der Waals surface area contributed by atoms with E-state index in [1.165, 1.54) is 12.1 Å². The molecular formula is C9H11N3O3S. The summed E-state index contributed by atoms with van der Waals surface area (Å²) in [6.07, 6.45) is 0. The summed E-state index contributed by atoms with van der Waals surface area (Å²) in [5.74, 6) is -1.61. The molecule has 0 aliphatic rings. The second-order valence-corrected chi connectivity index (χ2v) is 5.18. The van der Waals surface area contributed by atoms with Crippen molar-refractivity contribution in [3.63, 3.8) is 0 Å². The van der Waals surface area contributed by atoms with Crippen LogP contribution in [0, 0.1) is 0 Å². The highest BCUT2D eigenvalue weighted by atomic mass is 32.2. The third kappa shape index (κ3) is 2.93. The van der Waals surface area contributed by atoms with E-state index in [0.717, 1.165) is 11.8 Å². The summed E-state index contributed by atoms with van der Waals surface area (Å²) in [6, 6.07) is 2.93. The highest BCUT2D eigenvalue weighted by molar-refractivity contribution is 8.01. The number of nitrogens with two attached hydrogens (primary N) is 1. The van der Waals surface area contributed by atoms with Crippen LogP contribution in [0.4, 0.5) is 0 Å². The van der Waals surface area contributed by atoms with E-state index in [2.05, 4.69) is 10.2 Å². The van der Waals surface area contributed by atoms with Crippen LogP contribution >= 0.6 is 11.8 Å². The summed E-state index contributed by atoms with van der Waals surface area (Å²) in [6.45, 7) is 3.12. The molecule has 1 aromatic rings. The van der Waals surface area contributed by atoms with Crippen molar-refractivity contribution >= 4 is 23.6 Å². The average molecular weight is 241 g/mol. The number of primary amides is 1. The highest BCUT2D eigenvalue weighted by Crippen LogP contribution is 2.30. The first-order valence-electron chi connectivity index (χ1n) is 4.39. The maximum atomic E-state index is 10.9.